The van der Waals surface area contributed by atoms with Gasteiger partial charge < -0.3 is 9.15 Å². The molecule has 142 valence electrons. The molecule has 2 amide bonds. The molecule has 1 aromatic rings. The number of ether oxygens (including phenoxy) is 1. The molecule has 7 nitrogen and oxygen atoms in total. The highest BCUT2D eigenvalue weighted by molar-refractivity contribution is 7.98. The Morgan fingerprint density at radius 3 is 2.73 bits per heavy atom. The molecule has 0 unspecified atom stereocenters. The summed E-state index contributed by atoms with van der Waals surface area (Å²) < 4.78 is 10.8. The van der Waals surface area contributed by atoms with Crippen LogP contribution in [0.4, 0.5) is 0 Å². The lowest BCUT2D eigenvalue weighted by Crippen LogP contribution is -2.56. The minimum Gasteiger partial charge on any atom is -0.468 e. The van der Waals surface area contributed by atoms with E-state index in [0.29, 0.717) is 17.9 Å². The molecule has 1 aromatic heterocycles. The minimum absolute atomic E-state index is 0.212. The van der Waals surface area contributed by atoms with Gasteiger partial charge >= 0.3 is 5.97 Å². The lowest BCUT2D eigenvalue weighted by molar-refractivity contribution is -0.156. The average Bonchev–Trinajstić information content (AvgIpc) is 3.31. The zero-order chi connectivity index (χ0) is 18.9. The van der Waals surface area contributed by atoms with Crippen molar-refractivity contribution < 1.29 is 23.5 Å². The van der Waals surface area contributed by atoms with Crippen LogP contribution in [0.25, 0.3) is 0 Å². The van der Waals surface area contributed by atoms with Crippen LogP contribution in [0.3, 0.4) is 0 Å². The second kappa shape index (κ2) is 7.44. The number of carbonyl (C=O) groups is 3. The monoisotopic (exact) mass is 380 g/mol. The van der Waals surface area contributed by atoms with Crippen molar-refractivity contribution in [2.45, 2.75) is 31.8 Å². The molecular weight excluding hydrogens is 356 g/mol. The Kier molecular flexibility index (Phi) is 5.43. The number of amides is 2. The summed E-state index contributed by atoms with van der Waals surface area (Å²) in [4.78, 5) is 40.2. The molecule has 0 spiro atoms. The maximum absolute atomic E-state index is 13.1. The van der Waals surface area contributed by atoms with E-state index in [2.05, 4.69) is 5.32 Å². The molecule has 0 bridgehead atoms. The van der Waals surface area contributed by atoms with Crippen LogP contribution in [-0.4, -0.2) is 53.4 Å². The van der Waals surface area contributed by atoms with Crippen LogP contribution in [0.15, 0.2) is 22.8 Å². The fourth-order valence-electron chi connectivity index (χ4n) is 4.13. The number of furan rings is 1. The van der Waals surface area contributed by atoms with Gasteiger partial charge in [-0.3, -0.25) is 24.6 Å². The average molecular weight is 380 g/mol. The number of esters is 1. The van der Waals surface area contributed by atoms with E-state index < -0.39 is 29.4 Å². The van der Waals surface area contributed by atoms with Gasteiger partial charge in [0.15, 0.2) is 0 Å². The van der Waals surface area contributed by atoms with Gasteiger partial charge in [0.25, 0.3) is 0 Å². The molecular formula is C18H24N2O5S. The molecule has 2 fully saturated rings. The SMILES string of the molecule is CCOC(=O)[C@]1(CCSC)N[C@H](c2ccco2)[C@@H]2C(=O)N(CC)C(=O)[C@H]21. The first kappa shape index (κ1) is 19.0. The number of rotatable bonds is 7. The van der Waals surface area contributed by atoms with Gasteiger partial charge in [-0.1, -0.05) is 0 Å². The van der Waals surface area contributed by atoms with E-state index in [-0.39, 0.29) is 25.0 Å². The molecule has 4 atom stereocenters. The van der Waals surface area contributed by atoms with Crippen LogP contribution in [0.1, 0.15) is 32.1 Å². The summed E-state index contributed by atoms with van der Waals surface area (Å²) in [5.41, 5.74) is -1.22. The topological polar surface area (TPSA) is 88.8 Å². The van der Waals surface area contributed by atoms with Crippen LogP contribution < -0.4 is 5.32 Å². The molecule has 3 rings (SSSR count). The Morgan fingerprint density at radius 1 is 1.38 bits per heavy atom. The van der Waals surface area contributed by atoms with Crippen molar-refractivity contribution in [2.24, 2.45) is 11.8 Å². The van der Waals surface area contributed by atoms with Crippen LogP contribution >= 0.6 is 11.8 Å². The second-order valence-corrected chi connectivity index (χ2v) is 7.48. The highest BCUT2D eigenvalue weighted by atomic mass is 32.2. The van der Waals surface area contributed by atoms with Crippen LogP contribution in [0, 0.1) is 11.8 Å². The lowest BCUT2D eigenvalue weighted by Gasteiger charge is -2.32. The zero-order valence-electron chi connectivity index (χ0n) is 15.2. The zero-order valence-corrected chi connectivity index (χ0v) is 16.0. The normalized spacial score (nSPS) is 30.7. The summed E-state index contributed by atoms with van der Waals surface area (Å²) in [6.07, 6.45) is 3.87. The molecule has 2 saturated heterocycles. The van der Waals surface area contributed by atoms with Crippen molar-refractivity contribution in [1.29, 1.82) is 0 Å². The number of carbonyl (C=O) groups excluding carboxylic acids is 3. The number of likely N-dealkylation sites (tertiary alicyclic amines) is 1. The van der Waals surface area contributed by atoms with E-state index in [9.17, 15) is 14.4 Å². The summed E-state index contributed by atoms with van der Waals surface area (Å²) in [6.45, 7) is 4.00. The minimum atomic E-state index is -1.22. The van der Waals surface area contributed by atoms with Crippen molar-refractivity contribution in [3.05, 3.63) is 24.2 Å². The maximum atomic E-state index is 13.1. The van der Waals surface area contributed by atoms with Gasteiger partial charge in [0.2, 0.25) is 11.8 Å². The number of thioether (sulfide) groups is 1. The summed E-state index contributed by atoms with van der Waals surface area (Å²) in [7, 11) is 0. The van der Waals surface area contributed by atoms with Gasteiger partial charge in [0, 0.05) is 6.54 Å². The van der Waals surface area contributed by atoms with Crippen molar-refractivity contribution in [3.8, 4) is 0 Å². The third-order valence-corrected chi connectivity index (χ3v) is 5.86. The number of fused-ring (bicyclic) bond motifs is 1. The summed E-state index contributed by atoms with van der Waals surface area (Å²) in [5, 5.41) is 3.28. The summed E-state index contributed by atoms with van der Waals surface area (Å²) in [6, 6.07) is 2.96. The molecule has 8 heteroatoms. The van der Waals surface area contributed by atoms with E-state index in [4.69, 9.17) is 9.15 Å². The molecule has 0 aliphatic carbocycles. The predicted molar refractivity (Wildman–Crippen MR) is 96.3 cm³/mol. The number of hydrogen-bond donors (Lipinski definition) is 1. The molecule has 0 aromatic carbocycles. The summed E-state index contributed by atoms with van der Waals surface area (Å²) >= 11 is 1.58. The van der Waals surface area contributed by atoms with Gasteiger partial charge in [0.1, 0.15) is 11.3 Å². The van der Waals surface area contributed by atoms with Gasteiger partial charge in [-0.25, -0.2) is 0 Å². The standard InChI is InChI=1S/C18H24N2O5S/c1-4-20-15(21)12-13(16(20)22)18(8-10-26-3,17(23)24-5-2)19-14(12)11-7-6-9-25-11/h6-7,9,12-14,19H,4-5,8,10H2,1-3H3/t12-,13+,14-,18-/m1/s1. The van der Waals surface area contributed by atoms with Crippen LogP contribution in [-0.2, 0) is 19.1 Å². The molecule has 3 heterocycles. The fourth-order valence-corrected chi connectivity index (χ4v) is 4.65. The molecule has 26 heavy (non-hydrogen) atoms. The van der Waals surface area contributed by atoms with E-state index in [0.717, 1.165) is 0 Å². The van der Waals surface area contributed by atoms with Crippen LogP contribution in [0.5, 0.6) is 0 Å². The molecule has 2 aliphatic heterocycles. The van der Waals surface area contributed by atoms with Crippen molar-refractivity contribution >= 4 is 29.5 Å². The van der Waals surface area contributed by atoms with Gasteiger partial charge in [0.05, 0.1) is 30.7 Å². The Labute approximate surface area is 156 Å². The number of nitrogens with one attached hydrogen (secondary N) is 1. The van der Waals surface area contributed by atoms with Crippen molar-refractivity contribution in [3.63, 3.8) is 0 Å². The van der Waals surface area contributed by atoms with Gasteiger partial charge in [-0.15, -0.1) is 0 Å². The number of hydrogen-bond acceptors (Lipinski definition) is 7. The fraction of sp³-hybridized carbons (Fsp3) is 0.611. The molecule has 2 aliphatic rings. The first-order chi connectivity index (χ1) is 12.5. The van der Waals surface area contributed by atoms with Gasteiger partial charge in [-0.05, 0) is 44.4 Å². The van der Waals surface area contributed by atoms with Crippen molar-refractivity contribution in [1.82, 2.24) is 10.2 Å². The predicted octanol–water partition coefficient (Wildman–Crippen LogP) is 1.60. The third-order valence-electron chi connectivity index (χ3n) is 5.25. The first-order valence-electron chi connectivity index (χ1n) is 8.84. The highest BCUT2D eigenvalue weighted by Crippen LogP contribution is 2.50. The second-order valence-electron chi connectivity index (χ2n) is 6.50. The van der Waals surface area contributed by atoms with Crippen LogP contribution in [0.2, 0.25) is 0 Å². The molecule has 0 radical (unpaired) electrons. The third kappa shape index (κ3) is 2.75. The Hall–Kier alpha value is -1.80. The van der Waals surface area contributed by atoms with E-state index in [1.54, 1.807) is 37.7 Å². The quantitative estimate of drug-likeness (QED) is 0.568. The maximum Gasteiger partial charge on any atom is 0.327 e. The van der Waals surface area contributed by atoms with E-state index in [1.807, 2.05) is 6.26 Å². The Morgan fingerprint density at radius 2 is 2.15 bits per heavy atom. The largest absolute Gasteiger partial charge is 0.468 e. The molecule has 1 N–H and O–H groups in total. The lowest BCUT2D eigenvalue weighted by atomic mass is 9.78. The Bertz CT molecular complexity index is 692. The van der Waals surface area contributed by atoms with E-state index in [1.165, 1.54) is 11.2 Å². The smallest absolute Gasteiger partial charge is 0.327 e. The highest BCUT2D eigenvalue weighted by Gasteiger charge is 2.68. The van der Waals surface area contributed by atoms with Gasteiger partial charge in [-0.2, -0.15) is 11.8 Å². The first-order valence-corrected chi connectivity index (χ1v) is 10.2. The number of imide groups is 1. The molecule has 0 saturated carbocycles. The Balaban J connectivity index is 2.10. The van der Waals surface area contributed by atoms with E-state index >= 15 is 0 Å². The summed E-state index contributed by atoms with van der Waals surface area (Å²) in [5.74, 6) is -1.28. The van der Waals surface area contributed by atoms with Crippen molar-refractivity contribution in [2.75, 3.05) is 25.2 Å². The number of nitrogens with zero attached hydrogens (tertiary/aromatic N) is 1.